The van der Waals surface area contributed by atoms with E-state index < -0.39 is 0 Å². The lowest BCUT2D eigenvalue weighted by Crippen LogP contribution is -2.13. The van der Waals surface area contributed by atoms with Crippen LogP contribution in [0.4, 0.5) is 5.13 Å². The Morgan fingerprint density at radius 3 is 2.42 bits per heavy atom. The van der Waals surface area contributed by atoms with Gasteiger partial charge in [0, 0.05) is 36.1 Å². The van der Waals surface area contributed by atoms with Crippen molar-refractivity contribution in [3.05, 3.63) is 97.0 Å². The zero-order valence-electron chi connectivity index (χ0n) is 17.7. The number of rotatable bonds is 6. The molecule has 5 rings (SSSR count). The number of aryl methyl sites for hydroxylation is 1. The van der Waals surface area contributed by atoms with E-state index in [4.69, 9.17) is 4.98 Å². The second kappa shape index (κ2) is 9.40. The van der Waals surface area contributed by atoms with Crippen molar-refractivity contribution in [2.45, 2.75) is 9.92 Å². The molecule has 1 amide bonds. The molecule has 0 fully saturated rings. The number of hydrogen-bond acceptors (Lipinski definition) is 6. The van der Waals surface area contributed by atoms with Gasteiger partial charge < -0.3 is 4.57 Å². The Morgan fingerprint density at radius 2 is 1.70 bits per heavy atom. The molecule has 0 aliphatic carbocycles. The fourth-order valence-corrected chi connectivity index (χ4v) is 5.23. The SMILES string of the molecule is Cn1ccnc1-c1sc(NC(=O)c2cccnc2Sc2ccccc2)nc1-c1ccccc1. The summed E-state index contributed by atoms with van der Waals surface area (Å²) in [6, 6.07) is 23.3. The summed E-state index contributed by atoms with van der Waals surface area (Å²) in [6.07, 6.45) is 5.34. The minimum atomic E-state index is -0.249. The lowest BCUT2D eigenvalue weighted by Gasteiger charge is -2.07. The van der Waals surface area contributed by atoms with Gasteiger partial charge in [0.05, 0.1) is 16.1 Å². The van der Waals surface area contributed by atoms with Crippen LogP contribution in [0, 0.1) is 0 Å². The second-order valence-electron chi connectivity index (χ2n) is 7.15. The molecule has 33 heavy (non-hydrogen) atoms. The van der Waals surface area contributed by atoms with Crippen molar-refractivity contribution in [3.63, 3.8) is 0 Å². The molecule has 162 valence electrons. The minimum absolute atomic E-state index is 0.249. The Morgan fingerprint density at radius 1 is 0.939 bits per heavy atom. The number of hydrogen-bond donors (Lipinski definition) is 1. The van der Waals surface area contributed by atoms with E-state index in [1.54, 1.807) is 24.5 Å². The van der Waals surface area contributed by atoms with Gasteiger partial charge in [-0.05, 0) is 24.3 Å². The van der Waals surface area contributed by atoms with Gasteiger partial charge in [-0.25, -0.2) is 15.0 Å². The first kappa shape index (κ1) is 21.1. The number of nitrogens with one attached hydrogen (secondary N) is 1. The number of thiazole rings is 1. The molecule has 8 heteroatoms. The number of aromatic nitrogens is 4. The average Bonchev–Trinajstić information content (AvgIpc) is 3.46. The molecule has 2 aromatic carbocycles. The summed E-state index contributed by atoms with van der Waals surface area (Å²) in [5.74, 6) is 0.551. The zero-order chi connectivity index (χ0) is 22.6. The summed E-state index contributed by atoms with van der Waals surface area (Å²) < 4.78 is 1.95. The second-order valence-corrected chi connectivity index (χ2v) is 9.21. The molecule has 0 bridgehead atoms. The topological polar surface area (TPSA) is 72.7 Å². The van der Waals surface area contributed by atoms with Crippen molar-refractivity contribution < 1.29 is 4.79 Å². The van der Waals surface area contributed by atoms with Crippen LogP contribution in [0.15, 0.2) is 101 Å². The summed E-state index contributed by atoms with van der Waals surface area (Å²) in [5.41, 5.74) is 2.26. The largest absolute Gasteiger partial charge is 0.333 e. The van der Waals surface area contributed by atoms with Crippen molar-refractivity contribution >= 4 is 34.1 Å². The van der Waals surface area contributed by atoms with Gasteiger partial charge in [0.1, 0.15) is 5.03 Å². The molecule has 3 heterocycles. The summed E-state index contributed by atoms with van der Waals surface area (Å²) in [7, 11) is 1.94. The predicted molar refractivity (Wildman–Crippen MR) is 133 cm³/mol. The van der Waals surface area contributed by atoms with E-state index in [9.17, 15) is 4.79 Å². The molecule has 0 atom stereocenters. The van der Waals surface area contributed by atoms with Gasteiger partial charge in [0.25, 0.3) is 5.91 Å². The van der Waals surface area contributed by atoms with E-state index in [0.717, 1.165) is 26.9 Å². The number of imidazole rings is 1. The predicted octanol–water partition coefficient (Wildman–Crippen LogP) is 6.01. The molecule has 0 spiro atoms. The van der Waals surface area contributed by atoms with Gasteiger partial charge in [-0.2, -0.15) is 0 Å². The van der Waals surface area contributed by atoms with Gasteiger partial charge >= 0.3 is 0 Å². The summed E-state index contributed by atoms with van der Waals surface area (Å²) >= 11 is 2.86. The van der Waals surface area contributed by atoms with Crippen molar-refractivity contribution in [3.8, 4) is 22.0 Å². The number of amides is 1. The van der Waals surface area contributed by atoms with E-state index in [2.05, 4.69) is 15.3 Å². The first-order valence-corrected chi connectivity index (χ1v) is 11.9. The fraction of sp³-hybridized carbons (Fsp3) is 0.0400. The maximum absolute atomic E-state index is 13.2. The molecule has 0 radical (unpaired) electrons. The van der Waals surface area contributed by atoms with Crippen molar-refractivity contribution in [2.24, 2.45) is 7.05 Å². The molecule has 0 aliphatic rings. The molecule has 0 saturated carbocycles. The summed E-state index contributed by atoms with van der Waals surface area (Å²) in [4.78, 5) is 28.8. The molecule has 6 nitrogen and oxygen atoms in total. The van der Waals surface area contributed by atoms with Gasteiger partial charge in [-0.3, -0.25) is 10.1 Å². The van der Waals surface area contributed by atoms with Crippen LogP contribution >= 0.6 is 23.1 Å². The number of benzene rings is 2. The Bertz CT molecular complexity index is 1400. The van der Waals surface area contributed by atoms with E-state index in [-0.39, 0.29) is 5.91 Å². The number of pyridine rings is 1. The van der Waals surface area contributed by atoms with Crippen LogP contribution in [-0.2, 0) is 7.05 Å². The number of carbonyl (C=O) groups is 1. The van der Waals surface area contributed by atoms with Gasteiger partial charge in [0.15, 0.2) is 11.0 Å². The van der Waals surface area contributed by atoms with E-state index in [1.165, 1.54) is 23.1 Å². The summed E-state index contributed by atoms with van der Waals surface area (Å²) in [6.45, 7) is 0. The van der Waals surface area contributed by atoms with Crippen molar-refractivity contribution in [2.75, 3.05) is 5.32 Å². The normalized spacial score (nSPS) is 10.8. The third kappa shape index (κ3) is 4.57. The first-order valence-electron chi connectivity index (χ1n) is 10.2. The monoisotopic (exact) mass is 469 g/mol. The van der Waals surface area contributed by atoms with Crippen LogP contribution < -0.4 is 5.32 Å². The van der Waals surface area contributed by atoms with Crippen molar-refractivity contribution in [1.82, 2.24) is 19.5 Å². The maximum atomic E-state index is 13.2. The molecule has 3 aromatic heterocycles. The minimum Gasteiger partial charge on any atom is -0.333 e. The van der Waals surface area contributed by atoms with Gasteiger partial charge in [0.2, 0.25) is 0 Å². The smallest absolute Gasteiger partial charge is 0.260 e. The van der Waals surface area contributed by atoms with E-state index in [1.807, 2.05) is 78.5 Å². The molecule has 5 aromatic rings. The maximum Gasteiger partial charge on any atom is 0.260 e. The van der Waals surface area contributed by atoms with Crippen LogP contribution in [0.3, 0.4) is 0 Å². The molecular formula is C25H19N5OS2. The van der Waals surface area contributed by atoms with Crippen LogP contribution in [0.1, 0.15) is 10.4 Å². The standard InChI is InChI=1S/C25H19N5OS2/c1-30-16-15-26-22(30)21-20(17-9-4-2-5-10-17)28-25(33-21)29-23(31)19-13-8-14-27-24(19)32-18-11-6-3-7-12-18/h2-16H,1H3,(H,28,29,31). The zero-order valence-corrected chi connectivity index (χ0v) is 19.3. The molecule has 1 N–H and O–H groups in total. The quantitative estimate of drug-likeness (QED) is 0.330. The molecule has 0 saturated heterocycles. The number of anilines is 1. The molecule has 0 unspecified atom stereocenters. The lowest BCUT2D eigenvalue weighted by molar-refractivity contribution is 0.102. The lowest BCUT2D eigenvalue weighted by atomic mass is 10.1. The Kier molecular flexibility index (Phi) is 6.01. The average molecular weight is 470 g/mol. The summed E-state index contributed by atoms with van der Waals surface area (Å²) in [5, 5.41) is 4.13. The Balaban J connectivity index is 1.48. The Labute approximate surface area is 199 Å². The fourth-order valence-electron chi connectivity index (χ4n) is 3.31. The van der Waals surface area contributed by atoms with Crippen molar-refractivity contribution in [1.29, 1.82) is 0 Å². The van der Waals surface area contributed by atoms with Crippen LogP contribution in [0.25, 0.3) is 22.0 Å². The third-order valence-electron chi connectivity index (χ3n) is 4.89. The van der Waals surface area contributed by atoms with Crippen LogP contribution in [0.5, 0.6) is 0 Å². The number of nitrogens with zero attached hydrogens (tertiary/aromatic N) is 4. The van der Waals surface area contributed by atoms with E-state index in [0.29, 0.717) is 15.7 Å². The van der Waals surface area contributed by atoms with Gasteiger partial charge in [-0.15, -0.1) is 0 Å². The third-order valence-corrected chi connectivity index (χ3v) is 6.89. The first-order chi connectivity index (χ1) is 16.2. The Hall–Kier alpha value is -3.75. The van der Waals surface area contributed by atoms with Crippen LogP contribution in [0.2, 0.25) is 0 Å². The van der Waals surface area contributed by atoms with E-state index >= 15 is 0 Å². The number of carbonyl (C=O) groups excluding carboxylic acids is 1. The molecular weight excluding hydrogens is 450 g/mol. The highest BCUT2D eigenvalue weighted by Gasteiger charge is 2.21. The molecule has 0 aliphatic heterocycles. The highest BCUT2D eigenvalue weighted by molar-refractivity contribution is 7.99. The highest BCUT2D eigenvalue weighted by Crippen LogP contribution is 2.38. The van der Waals surface area contributed by atoms with Crippen LogP contribution in [-0.4, -0.2) is 25.4 Å². The highest BCUT2D eigenvalue weighted by atomic mass is 32.2. The van der Waals surface area contributed by atoms with Gasteiger partial charge in [-0.1, -0.05) is 71.6 Å².